The van der Waals surface area contributed by atoms with E-state index in [2.05, 4.69) is 28.0 Å². The molecule has 0 spiro atoms. The van der Waals surface area contributed by atoms with Crippen LogP contribution in [0.25, 0.3) is 0 Å². The second-order valence-electron chi connectivity index (χ2n) is 5.23. The van der Waals surface area contributed by atoms with Gasteiger partial charge in [0.1, 0.15) is 0 Å². The average Bonchev–Trinajstić information content (AvgIpc) is 2.97. The van der Waals surface area contributed by atoms with Gasteiger partial charge in [-0.05, 0) is 38.8 Å². The zero-order valence-corrected chi connectivity index (χ0v) is 9.37. The summed E-state index contributed by atoms with van der Waals surface area (Å²) in [5.74, 6) is 0. The molecule has 1 aliphatic carbocycles. The second-order valence-corrected chi connectivity index (χ2v) is 5.23. The monoisotopic (exact) mass is 205 g/mol. The largest absolute Gasteiger partial charge is 0.331 e. The van der Waals surface area contributed by atoms with Crippen LogP contribution in [0.2, 0.25) is 0 Å². The van der Waals surface area contributed by atoms with Gasteiger partial charge < -0.3 is 9.88 Å². The summed E-state index contributed by atoms with van der Waals surface area (Å²) in [6.07, 6.45) is 9.29. The Morgan fingerprint density at radius 2 is 2.13 bits per heavy atom. The third-order valence-corrected chi connectivity index (χ3v) is 3.93. The number of nitrogens with zero attached hydrogens (tertiary/aromatic N) is 2. The van der Waals surface area contributed by atoms with Gasteiger partial charge in [-0.15, -0.1) is 0 Å². The van der Waals surface area contributed by atoms with Crippen LogP contribution in [-0.4, -0.2) is 22.6 Å². The molecule has 1 saturated carbocycles. The molecule has 1 aromatic heterocycles. The number of imidazole rings is 1. The van der Waals surface area contributed by atoms with Crippen LogP contribution in [0.1, 0.15) is 44.3 Å². The van der Waals surface area contributed by atoms with Crippen LogP contribution in [0.15, 0.2) is 12.5 Å². The van der Waals surface area contributed by atoms with E-state index in [1.165, 1.54) is 31.4 Å². The van der Waals surface area contributed by atoms with Gasteiger partial charge in [-0.3, -0.25) is 0 Å². The highest BCUT2D eigenvalue weighted by molar-refractivity contribution is 5.17. The van der Waals surface area contributed by atoms with Gasteiger partial charge in [0.2, 0.25) is 0 Å². The van der Waals surface area contributed by atoms with Crippen molar-refractivity contribution in [3.63, 3.8) is 0 Å². The van der Waals surface area contributed by atoms with Crippen LogP contribution in [0.5, 0.6) is 0 Å². The van der Waals surface area contributed by atoms with Gasteiger partial charge in [-0.1, -0.05) is 6.92 Å². The molecule has 0 amide bonds. The molecule has 3 heteroatoms. The molecule has 82 valence electrons. The number of piperidine rings is 1. The van der Waals surface area contributed by atoms with Gasteiger partial charge in [-0.25, -0.2) is 4.98 Å². The standard InChI is InChI=1S/C12H19N3/c1-12(4-6-13-7-5-12)11-8-14-9-15(11)10-2-3-10/h8-10,13H,2-7H2,1H3. The molecule has 0 unspecified atom stereocenters. The number of hydrogen-bond acceptors (Lipinski definition) is 2. The first-order valence-electron chi connectivity index (χ1n) is 6.03. The Kier molecular flexibility index (Phi) is 2.09. The lowest BCUT2D eigenvalue weighted by atomic mass is 9.78. The topological polar surface area (TPSA) is 29.9 Å². The Morgan fingerprint density at radius 1 is 1.40 bits per heavy atom. The third kappa shape index (κ3) is 1.59. The molecule has 0 radical (unpaired) electrons. The molecule has 1 aliphatic heterocycles. The Bertz CT molecular complexity index is 346. The van der Waals surface area contributed by atoms with E-state index in [0.717, 1.165) is 19.1 Å². The number of nitrogens with one attached hydrogen (secondary N) is 1. The lowest BCUT2D eigenvalue weighted by Crippen LogP contribution is -2.38. The van der Waals surface area contributed by atoms with E-state index in [1.807, 2.05) is 6.33 Å². The molecule has 3 nitrogen and oxygen atoms in total. The normalized spacial score (nSPS) is 25.4. The minimum Gasteiger partial charge on any atom is -0.331 e. The SMILES string of the molecule is CC1(c2cncn2C2CC2)CCNCC1. The van der Waals surface area contributed by atoms with Gasteiger partial charge in [0.25, 0.3) is 0 Å². The molecule has 0 aromatic carbocycles. The number of aromatic nitrogens is 2. The summed E-state index contributed by atoms with van der Waals surface area (Å²) >= 11 is 0. The fourth-order valence-corrected chi connectivity index (χ4v) is 2.65. The predicted molar refractivity (Wildman–Crippen MR) is 60.0 cm³/mol. The van der Waals surface area contributed by atoms with E-state index < -0.39 is 0 Å². The molecule has 1 saturated heterocycles. The van der Waals surface area contributed by atoms with Crippen LogP contribution < -0.4 is 5.32 Å². The maximum Gasteiger partial charge on any atom is 0.0950 e. The summed E-state index contributed by atoms with van der Waals surface area (Å²) in [7, 11) is 0. The van der Waals surface area contributed by atoms with Crippen molar-refractivity contribution in [1.82, 2.24) is 14.9 Å². The molecule has 2 aliphatic rings. The van der Waals surface area contributed by atoms with E-state index in [9.17, 15) is 0 Å². The average molecular weight is 205 g/mol. The fraction of sp³-hybridized carbons (Fsp3) is 0.750. The zero-order chi connectivity index (χ0) is 10.3. The van der Waals surface area contributed by atoms with E-state index in [-0.39, 0.29) is 0 Å². The number of rotatable bonds is 2. The summed E-state index contributed by atoms with van der Waals surface area (Å²) < 4.78 is 2.42. The third-order valence-electron chi connectivity index (χ3n) is 3.93. The maximum atomic E-state index is 4.35. The minimum atomic E-state index is 0.352. The molecule has 1 aromatic rings. The minimum absolute atomic E-state index is 0.352. The number of hydrogen-bond donors (Lipinski definition) is 1. The summed E-state index contributed by atoms with van der Waals surface area (Å²) in [4.78, 5) is 4.35. The van der Waals surface area contributed by atoms with Crippen molar-refractivity contribution >= 4 is 0 Å². The molecule has 3 rings (SSSR count). The Balaban J connectivity index is 1.92. The lowest BCUT2D eigenvalue weighted by molar-refractivity contribution is 0.317. The predicted octanol–water partition coefficient (Wildman–Crippen LogP) is 1.86. The molecule has 2 fully saturated rings. The maximum absolute atomic E-state index is 4.35. The Hall–Kier alpha value is -0.830. The molecular weight excluding hydrogens is 186 g/mol. The molecule has 0 bridgehead atoms. The van der Waals surface area contributed by atoms with Crippen LogP contribution in [0, 0.1) is 0 Å². The first kappa shape index (κ1) is 9.40. The van der Waals surface area contributed by atoms with Crippen molar-refractivity contribution in [3.05, 3.63) is 18.2 Å². The summed E-state index contributed by atoms with van der Waals surface area (Å²) in [5.41, 5.74) is 1.82. The summed E-state index contributed by atoms with van der Waals surface area (Å²) in [6, 6.07) is 0.759. The van der Waals surface area contributed by atoms with Crippen LogP contribution in [0.4, 0.5) is 0 Å². The van der Waals surface area contributed by atoms with E-state index in [1.54, 1.807) is 0 Å². The molecular formula is C12H19N3. The first-order valence-corrected chi connectivity index (χ1v) is 6.03. The van der Waals surface area contributed by atoms with Gasteiger partial charge in [0.05, 0.1) is 6.33 Å². The molecule has 15 heavy (non-hydrogen) atoms. The van der Waals surface area contributed by atoms with Gasteiger partial charge in [-0.2, -0.15) is 0 Å². The zero-order valence-electron chi connectivity index (χ0n) is 9.37. The first-order chi connectivity index (χ1) is 7.30. The van der Waals surface area contributed by atoms with Crippen molar-refractivity contribution in [2.45, 2.75) is 44.1 Å². The van der Waals surface area contributed by atoms with Crippen LogP contribution >= 0.6 is 0 Å². The summed E-state index contributed by atoms with van der Waals surface area (Å²) in [6.45, 7) is 4.68. The molecule has 1 N–H and O–H groups in total. The lowest BCUT2D eigenvalue weighted by Gasteiger charge is -2.34. The van der Waals surface area contributed by atoms with Gasteiger partial charge in [0.15, 0.2) is 0 Å². The van der Waals surface area contributed by atoms with Crippen molar-refractivity contribution in [2.75, 3.05) is 13.1 Å². The van der Waals surface area contributed by atoms with Crippen molar-refractivity contribution in [2.24, 2.45) is 0 Å². The molecule has 2 heterocycles. The highest BCUT2D eigenvalue weighted by atomic mass is 15.1. The Morgan fingerprint density at radius 3 is 2.80 bits per heavy atom. The fourth-order valence-electron chi connectivity index (χ4n) is 2.65. The van der Waals surface area contributed by atoms with E-state index in [0.29, 0.717) is 5.41 Å². The summed E-state index contributed by atoms with van der Waals surface area (Å²) in [5, 5.41) is 3.44. The highest BCUT2D eigenvalue weighted by Crippen LogP contribution is 2.40. The van der Waals surface area contributed by atoms with Crippen LogP contribution in [0.3, 0.4) is 0 Å². The van der Waals surface area contributed by atoms with E-state index >= 15 is 0 Å². The quantitative estimate of drug-likeness (QED) is 0.798. The molecule has 0 atom stereocenters. The smallest absolute Gasteiger partial charge is 0.0950 e. The van der Waals surface area contributed by atoms with Crippen LogP contribution in [-0.2, 0) is 5.41 Å². The van der Waals surface area contributed by atoms with Gasteiger partial charge in [0, 0.05) is 23.3 Å². The van der Waals surface area contributed by atoms with Crippen molar-refractivity contribution in [1.29, 1.82) is 0 Å². The van der Waals surface area contributed by atoms with Crippen molar-refractivity contribution in [3.8, 4) is 0 Å². The van der Waals surface area contributed by atoms with Gasteiger partial charge >= 0.3 is 0 Å². The highest BCUT2D eigenvalue weighted by Gasteiger charge is 2.35. The second kappa shape index (κ2) is 3.34. The van der Waals surface area contributed by atoms with E-state index in [4.69, 9.17) is 0 Å². The Labute approximate surface area is 90.9 Å². The van der Waals surface area contributed by atoms with Crippen molar-refractivity contribution < 1.29 is 0 Å².